The molecule has 12 heterocycles. The van der Waals surface area contributed by atoms with Gasteiger partial charge in [-0.1, -0.05) is 215 Å². The predicted octanol–water partition coefficient (Wildman–Crippen LogP) is 12.3. The molecular weight excluding hydrogens is 1850 g/mol. The van der Waals surface area contributed by atoms with Gasteiger partial charge in [0.2, 0.25) is 23.6 Å². The number of nitroso groups, excluding NO2 is 1. The van der Waals surface area contributed by atoms with E-state index in [2.05, 4.69) is 94.4 Å². The number of nitrogens with one attached hydrogen (secondary N) is 7. The first-order chi connectivity index (χ1) is 68.1. The first-order valence-electron chi connectivity index (χ1n) is 52.6. The van der Waals surface area contributed by atoms with Gasteiger partial charge in [-0.15, -0.1) is 0 Å². The van der Waals surface area contributed by atoms with E-state index in [4.69, 9.17) is 67.7 Å². The lowest BCUT2D eigenvalue weighted by molar-refractivity contribution is -0.155. The highest BCUT2D eigenvalue weighted by Gasteiger charge is 2.62. The first kappa shape index (κ1) is 119. The fraction of sp³-hybridized carbons (Fsp3) is 0.718. The van der Waals surface area contributed by atoms with E-state index in [0.717, 1.165) is 80.1 Å². The molecule has 4 spiro atoms. The molecule has 12 aliphatic heterocycles. The average molecular weight is 2020 g/mol. The molecule has 0 aromatic carbocycles. The molecule has 8 amide bonds. The van der Waals surface area contributed by atoms with E-state index in [1.165, 1.54) is 0 Å². The molecule has 808 valence electrons. The average Bonchev–Trinajstić information content (AvgIpc) is 1.61. The van der Waals surface area contributed by atoms with Crippen molar-refractivity contribution in [2.45, 2.75) is 404 Å². The molecule has 0 aromatic heterocycles. The maximum absolute atomic E-state index is 12.2. The van der Waals surface area contributed by atoms with Gasteiger partial charge in [0.1, 0.15) is 77.8 Å². The molecule has 12 aliphatic rings. The van der Waals surface area contributed by atoms with Gasteiger partial charge in [0.05, 0.1) is 130 Å². The maximum atomic E-state index is 12.2. The van der Waals surface area contributed by atoms with Crippen molar-refractivity contribution in [1.29, 1.82) is 0 Å². The van der Waals surface area contributed by atoms with Crippen molar-refractivity contribution in [2.75, 3.05) is 52.6 Å². The van der Waals surface area contributed by atoms with Crippen LogP contribution in [0.25, 0.3) is 0 Å². The molecule has 0 bridgehead atoms. The van der Waals surface area contributed by atoms with E-state index in [-0.39, 0.29) is 146 Å². The number of aliphatic carboxylic acids is 1. The topological polar surface area (TPSA) is 484 Å². The first-order valence-corrected chi connectivity index (χ1v) is 52.6. The number of carbonyl (C=O) groups excluding carboxylic acids is 6. The summed E-state index contributed by atoms with van der Waals surface area (Å²) in [7, 11) is 0. The van der Waals surface area contributed by atoms with Gasteiger partial charge in [0.25, 0.3) is 0 Å². The summed E-state index contributed by atoms with van der Waals surface area (Å²) < 4.78 is 71.1. The van der Waals surface area contributed by atoms with Crippen molar-refractivity contribution in [2.24, 2.45) is 58.3 Å². The second kappa shape index (κ2) is 56.4. The summed E-state index contributed by atoms with van der Waals surface area (Å²) in [4.78, 5) is 93.5. The number of carbonyl (C=O) groups is 7. The van der Waals surface area contributed by atoms with Crippen LogP contribution in [0.2, 0.25) is 0 Å². The van der Waals surface area contributed by atoms with Crippen molar-refractivity contribution in [3.8, 4) is 0 Å². The smallest absolute Gasteiger partial charge is 0.314 e. The van der Waals surface area contributed by atoms with Gasteiger partial charge in [-0.2, -0.15) is 4.91 Å². The van der Waals surface area contributed by atoms with E-state index in [1.807, 2.05) is 185 Å². The molecule has 0 unspecified atom stereocenters. The van der Waals surface area contributed by atoms with Gasteiger partial charge >= 0.3 is 18.0 Å². The highest BCUT2D eigenvalue weighted by atomic mass is 16.6. The quantitative estimate of drug-likeness (QED) is 0.0118. The Kier molecular flexibility index (Phi) is 46.7. The summed E-state index contributed by atoms with van der Waals surface area (Å²) in [5.74, 6) is 1.29. The molecule has 0 radical (unpaired) electrons. The summed E-state index contributed by atoms with van der Waals surface area (Å²) in [5, 5.41) is 75.4. The molecule has 34 nitrogen and oxygen atoms in total. The Hall–Kier alpha value is -8.27. The maximum Gasteiger partial charge on any atom is 0.314 e. The number of epoxide rings is 4. The van der Waals surface area contributed by atoms with Crippen LogP contribution in [0.3, 0.4) is 0 Å². The number of rotatable bonds is 38. The third kappa shape index (κ3) is 38.1. The standard InChI is InChI=1S/C30H49N3O6.C27H43N3O6.C27H41NO7.C26H40N2O6/c1-7-14-31-29(36)32-17-23-16-30(18-37-30)28(35)26(39-23)12-10-20(4)9-11-25-21(5)15-24(22(6)38-25)33-27(34)13-8-19(2)3;1-16(2)6-11-24(31)30-21-12-18(4)22(35-19(21)5)9-7-17(3)8-10-23-25(32)27(15-34-27)13-20(36-23)14-29-26(28)33;1-16(2)6-11-24(29)28-21-12-18(4)22(34-19(21)5)9-7-17(3)8-10-23-26(32)27(15-33-27)14-20(35-23)13-25(30)31;1-16(2)6-11-24(29)28-21-12-18(4)22(33-19(21)5)9-7-17(3)8-10-23-25(30)26(15-32-26)13-20(34-23)14-27-31/h8-10,12-13,19,21-26,28,35H,7,11,14-18H2,1-6H3,(H,33,34)(H2,31,32,36);6-8,10-11,16,18-23,25,32H,9,12-15H2,1-5H3,(H,30,31)(H3,28,29,33);6-8,10-11,16,18-23,26,32H,9,12-15H2,1-5H3,(H,28,29)(H,30,31);6-8,10-11,16,18-23,25,30H,9,12-15H2,1-5H3,(H,28,29)/b12-10+,13-8-,20-9+;3*10-8+,11-6-,17-7+/t21-,22+,23-,24+,25-,26+,28+,30+;18-,19+,20-,21+,22-,23+,25+,27+;18-,19+,20+,21+,22-,23+,26+,27+;18-,19+,20-,21+,22-,23+,25+,26+/m0000/s1. The number of amides is 8. The largest absolute Gasteiger partial charge is 0.481 e. The van der Waals surface area contributed by atoms with Gasteiger partial charge in [-0.3, -0.25) is 24.0 Å². The third-order valence-electron chi connectivity index (χ3n) is 29.0. The Morgan fingerprint density at radius 3 is 0.889 bits per heavy atom. The van der Waals surface area contributed by atoms with Gasteiger partial charge in [-0.05, 0) is 185 Å². The molecule has 0 aromatic rings. The van der Waals surface area contributed by atoms with Gasteiger partial charge < -0.3 is 125 Å². The van der Waals surface area contributed by atoms with Gasteiger partial charge in [0.15, 0.2) is 0 Å². The minimum Gasteiger partial charge on any atom is -0.481 e. The summed E-state index contributed by atoms with van der Waals surface area (Å²) in [5.41, 5.74) is 6.83. The number of hydrogen-bond donors (Lipinski definition) is 13. The molecule has 12 rings (SSSR count). The van der Waals surface area contributed by atoms with Gasteiger partial charge in [-0.25, -0.2) is 9.59 Å². The Labute approximate surface area is 854 Å². The van der Waals surface area contributed by atoms with E-state index < -0.39 is 89.3 Å². The minimum atomic E-state index is -0.925. The van der Waals surface area contributed by atoms with Crippen LogP contribution >= 0.6 is 0 Å². The van der Waals surface area contributed by atoms with Crippen LogP contribution in [0, 0.1) is 52.3 Å². The van der Waals surface area contributed by atoms with Crippen molar-refractivity contribution in [1.82, 2.24) is 37.2 Å². The molecule has 12 saturated heterocycles. The number of urea groups is 2. The zero-order valence-corrected chi connectivity index (χ0v) is 89.0. The Morgan fingerprint density at radius 1 is 0.382 bits per heavy atom. The second-order valence-corrected chi connectivity index (χ2v) is 43.6. The number of primary amides is 1. The fourth-order valence-corrected chi connectivity index (χ4v) is 19.6. The zero-order chi connectivity index (χ0) is 106. The van der Waals surface area contributed by atoms with Crippen LogP contribution in [0.4, 0.5) is 9.59 Å². The molecule has 0 aliphatic carbocycles. The zero-order valence-electron chi connectivity index (χ0n) is 89.0. The third-order valence-corrected chi connectivity index (χ3v) is 29.0. The number of ether oxygens (including phenoxy) is 12. The summed E-state index contributed by atoms with van der Waals surface area (Å²) in [6.07, 6.45) is 40.0. The lowest BCUT2D eigenvalue weighted by Gasteiger charge is -2.39. The number of nitrogens with two attached hydrogens (primary N) is 1. The molecule has 32 atom stereocenters. The monoisotopic (exact) mass is 2020 g/mol. The van der Waals surface area contributed by atoms with Crippen molar-refractivity contribution < 1.29 is 116 Å². The fourth-order valence-electron chi connectivity index (χ4n) is 19.6. The van der Waals surface area contributed by atoms with Crippen molar-refractivity contribution in [3.63, 3.8) is 0 Å². The molecular formula is C110H173N9O25. The number of allylic oxidation sites excluding steroid dienone is 12. The van der Waals surface area contributed by atoms with E-state index >= 15 is 0 Å². The van der Waals surface area contributed by atoms with Crippen LogP contribution < -0.4 is 43.0 Å². The van der Waals surface area contributed by atoms with Crippen LogP contribution in [0.15, 0.2) is 149 Å². The SMILES string of the molecule is CC(/C=C/[C@H]1O[C@H](CC(=O)O)C[C@@]2(CO2)[C@@H]1O)=C\C[C@@H]1O[C@H](C)[C@H](NC(=O)/C=C\C(C)C)C[C@@H]1C.CC(/C=C/[C@H]1O[C@H](CN=O)C[C@@]2(CO2)[C@@H]1O)=C\C[C@@H]1O[C@H](C)[C@H](NC(=O)/C=C\C(C)C)C[C@@H]1C.CC(/C=C/[C@H]1O[C@H](CNC(N)=O)C[C@@]2(CO2)[C@@H]1O)=C\C[C@@H]1O[C@H](C)[C@H](NC(=O)/C=C\C(C)C)C[C@@H]1C.CCCNC(=O)NC[C@@H]1C[C@@]2(CO2)[C@H](O)[C@@H](/C=C/C(C)=C/C[C@@H]2O[C@H](C)[C@H](NC(=O)/C=C\C(C)C)C[C@@H]2C)O1. The summed E-state index contributed by atoms with van der Waals surface area (Å²) >= 11 is 0. The van der Waals surface area contributed by atoms with Crippen LogP contribution in [-0.4, -0.2) is 288 Å². The number of aliphatic hydroxyl groups excluding tert-OH is 4. The van der Waals surface area contributed by atoms with E-state index in [1.54, 1.807) is 30.4 Å². The predicted molar refractivity (Wildman–Crippen MR) is 550 cm³/mol. The summed E-state index contributed by atoms with van der Waals surface area (Å²) in [6, 6.07) is -0.857. The van der Waals surface area contributed by atoms with Gasteiger partial charge in [0, 0.05) is 45.3 Å². The molecule has 144 heavy (non-hydrogen) atoms. The number of hydrogen-bond acceptors (Lipinski definition) is 25. The van der Waals surface area contributed by atoms with E-state index in [9.17, 15) is 58.9 Å². The Bertz CT molecular complexity index is 4540. The molecule has 14 N–H and O–H groups in total. The Morgan fingerprint density at radius 2 is 0.639 bits per heavy atom. The number of aliphatic hydroxyl groups is 4. The summed E-state index contributed by atoms with van der Waals surface area (Å²) in [6.45, 7) is 46.2. The van der Waals surface area contributed by atoms with E-state index in [0.29, 0.717) is 107 Å². The highest BCUT2D eigenvalue weighted by molar-refractivity contribution is 5.89. The normalized spacial score (nSPS) is 37.1. The minimum absolute atomic E-state index is 0.00348. The lowest BCUT2D eigenvalue weighted by atomic mass is 9.87. The van der Waals surface area contributed by atoms with Crippen LogP contribution in [0.5, 0.6) is 0 Å². The van der Waals surface area contributed by atoms with Crippen molar-refractivity contribution >= 4 is 41.7 Å². The number of carboxylic acid groups (broad SMARTS) is 1. The number of nitrogens with zero attached hydrogens (tertiary/aromatic N) is 1. The van der Waals surface area contributed by atoms with Crippen LogP contribution in [-0.2, 0) is 80.8 Å². The lowest BCUT2D eigenvalue weighted by Crippen LogP contribution is -2.53. The van der Waals surface area contributed by atoms with Crippen molar-refractivity contribution in [3.05, 3.63) is 149 Å². The molecule has 34 heteroatoms. The second-order valence-electron chi connectivity index (χ2n) is 43.6. The number of carboxylic acids is 1. The highest BCUT2D eigenvalue weighted by Crippen LogP contribution is 2.47. The Balaban J connectivity index is 0.000000214. The molecule has 12 fully saturated rings. The van der Waals surface area contributed by atoms with Crippen LogP contribution in [0.1, 0.15) is 235 Å². The molecule has 0 saturated carbocycles.